The van der Waals surface area contributed by atoms with Gasteiger partial charge in [0.2, 0.25) is 0 Å². The molecule has 3 aromatic rings. The van der Waals surface area contributed by atoms with E-state index in [0.29, 0.717) is 42.5 Å². The van der Waals surface area contributed by atoms with Gasteiger partial charge in [0.15, 0.2) is 11.5 Å². The smallest absolute Gasteiger partial charge is 0.407 e. The average Bonchev–Trinajstić information content (AvgIpc) is 3.37. The molecular weight excluding hydrogens is 388 g/mol. The summed E-state index contributed by atoms with van der Waals surface area (Å²) in [5, 5.41) is 12.6. The van der Waals surface area contributed by atoms with Gasteiger partial charge in [-0.3, -0.25) is 9.69 Å². The number of carbonyl (C=O) groups is 2. The first kappa shape index (κ1) is 18.3. The van der Waals surface area contributed by atoms with Gasteiger partial charge in [0.1, 0.15) is 19.0 Å². The Hall–Kier alpha value is -3.75. The second kappa shape index (κ2) is 7.25. The van der Waals surface area contributed by atoms with Crippen LogP contribution in [0.5, 0.6) is 11.5 Å². The molecule has 2 atom stereocenters. The van der Waals surface area contributed by atoms with E-state index in [4.69, 9.17) is 9.47 Å². The molecule has 0 bridgehead atoms. The van der Waals surface area contributed by atoms with Gasteiger partial charge in [-0.2, -0.15) is 0 Å². The van der Waals surface area contributed by atoms with E-state index in [-0.39, 0.29) is 18.5 Å². The predicted octanol–water partition coefficient (Wildman–Crippen LogP) is 2.56. The van der Waals surface area contributed by atoms with Gasteiger partial charge < -0.3 is 24.9 Å². The van der Waals surface area contributed by atoms with Crippen molar-refractivity contribution in [3.8, 4) is 11.5 Å². The molecule has 1 saturated heterocycles. The summed E-state index contributed by atoms with van der Waals surface area (Å²) in [5.74, 6) is 1.44. The maximum Gasteiger partial charge on any atom is 0.407 e. The molecule has 0 saturated carbocycles. The molecule has 2 aromatic carbocycles. The molecule has 0 radical (unpaired) electrons. The number of amides is 2. The molecule has 30 heavy (non-hydrogen) atoms. The Kier molecular flexibility index (Phi) is 4.42. The number of likely N-dealkylation sites (tertiary alicyclic amines) is 1. The number of fused-ring (bicyclic) bond motifs is 2. The number of rotatable bonds is 3. The summed E-state index contributed by atoms with van der Waals surface area (Å²) in [7, 11) is 0. The fourth-order valence-electron chi connectivity index (χ4n) is 3.99. The summed E-state index contributed by atoms with van der Waals surface area (Å²) < 4.78 is 11.0. The highest BCUT2D eigenvalue weighted by Crippen LogP contribution is 2.33. The van der Waals surface area contributed by atoms with Gasteiger partial charge >= 0.3 is 6.09 Å². The number of nitrogens with zero attached hydrogens (tertiary/aromatic N) is 2. The van der Waals surface area contributed by atoms with Crippen LogP contribution in [0.2, 0.25) is 0 Å². The maximum atomic E-state index is 12.8. The topological polar surface area (TPSA) is 117 Å². The van der Waals surface area contributed by atoms with Crippen molar-refractivity contribution in [2.24, 2.45) is 0 Å². The summed E-state index contributed by atoms with van der Waals surface area (Å²) in [6.07, 6.45) is -0.612. The van der Waals surface area contributed by atoms with Crippen molar-refractivity contribution in [2.45, 2.75) is 18.5 Å². The zero-order chi connectivity index (χ0) is 20.7. The molecule has 3 heterocycles. The van der Waals surface area contributed by atoms with Crippen LogP contribution in [-0.2, 0) is 0 Å². The summed E-state index contributed by atoms with van der Waals surface area (Å²) in [4.78, 5) is 33.6. The van der Waals surface area contributed by atoms with E-state index in [0.717, 1.165) is 11.0 Å². The zero-order valence-corrected chi connectivity index (χ0v) is 16.0. The first-order valence-electron chi connectivity index (χ1n) is 9.73. The minimum absolute atomic E-state index is 0.188. The van der Waals surface area contributed by atoms with E-state index in [2.05, 4.69) is 15.3 Å². The number of aromatic amines is 1. The Morgan fingerprint density at radius 1 is 1.13 bits per heavy atom. The number of carboxylic acid groups (broad SMARTS) is 1. The lowest BCUT2D eigenvalue weighted by Crippen LogP contribution is -2.38. The van der Waals surface area contributed by atoms with Gasteiger partial charge in [-0.1, -0.05) is 12.1 Å². The summed E-state index contributed by atoms with van der Waals surface area (Å²) in [6, 6.07) is 11.8. The van der Waals surface area contributed by atoms with Crippen LogP contribution in [0.4, 0.5) is 4.79 Å². The van der Waals surface area contributed by atoms with Crippen molar-refractivity contribution in [2.75, 3.05) is 19.8 Å². The van der Waals surface area contributed by atoms with E-state index >= 15 is 0 Å². The lowest BCUT2D eigenvalue weighted by molar-refractivity contribution is 0.0934. The van der Waals surface area contributed by atoms with Crippen LogP contribution in [0.1, 0.15) is 28.6 Å². The predicted molar refractivity (Wildman–Crippen MR) is 107 cm³/mol. The molecule has 154 valence electrons. The minimum Gasteiger partial charge on any atom is -0.486 e. The van der Waals surface area contributed by atoms with Crippen LogP contribution in [0.15, 0.2) is 42.5 Å². The molecule has 1 aromatic heterocycles. The van der Waals surface area contributed by atoms with Gasteiger partial charge in [-0.05, 0) is 36.8 Å². The Morgan fingerprint density at radius 2 is 1.93 bits per heavy atom. The molecule has 1 fully saturated rings. The van der Waals surface area contributed by atoms with Crippen LogP contribution in [0.3, 0.4) is 0 Å². The molecule has 3 N–H and O–H groups in total. The Balaban J connectivity index is 1.34. The molecule has 2 aliphatic heterocycles. The largest absolute Gasteiger partial charge is 0.486 e. The highest BCUT2D eigenvalue weighted by molar-refractivity contribution is 5.95. The lowest BCUT2D eigenvalue weighted by atomic mass is 10.1. The van der Waals surface area contributed by atoms with Crippen molar-refractivity contribution in [3.05, 3.63) is 53.9 Å². The van der Waals surface area contributed by atoms with Gasteiger partial charge in [0.25, 0.3) is 5.91 Å². The molecule has 5 rings (SSSR count). The summed E-state index contributed by atoms with van der Waals surface area (Å²) >= 11 is 0. The number of para-hydroxylation sites is 2. The summed E-state index contributed by atoms with van der Waals surface area (Å²) in [6.45, 7) is 1.11. The SMILES string of the molecule is O=C(N[C@H]1C[C@@H](c2nc3ccccc3[nH]2)N(C(=O)O)C1)c1ccc2c(c1)OCCO2. The van der Waals surface area contributed by atoms with E-state index in [1.54, 1.807) is 18.2 Å². The van der Waals surface area contributed by atoms with Gasteiger partial charge in [0, 0.05) is 18.2 Å². The second-order valence-corrected chi connectivity index (χ2v) is 7.35. The number of benzene rings is 2. The standard InChI is InChI=1S/C21H20N4O5/c26-20(12-5-6-17-18(9-12)30-8-7-29-17)22-13-10-16(25(11-13)21(27)28)19-23-14-3-1-2-4-15(14)24-19/h1-6,9,13,16H,7-8,10-11H2,(H,22,26)(H,23,24)(H,27,28)/t13-,16-/m0/s1. The number of aromatic nitrogens is 2. The molecule has 9 nitrogen and oxygen atoms in total. The third-order valence-corrected chi connectivity index (χ3v) is 5.41. The fraction of sp³-hybridized carbons (Fsp3) is 0.286. The zero-order valence-electron chi connectivity index (χ0n) is 16.0. The highest BCUT2D eigenvalue weighted by atomic mass is 16.6. The van der Waals surface area contributed by atoms with Crippen LogP contribution >= 0.6 is 0 Å². The van der Waals surface area contributed by atoms with Crippen LogP contribution in [-0.4, -0.2) is 57.8 Å². The van der Waals surface area contributed by atoms with Gasteiger partial charge in [-0.15, -0.1) is 0 Å². The second-order valence-electron chi connectivity index (χ2n) is 7.35. The fourth-order valence-corrected chi connectivity index (χ4v) is 3.99. The summed E-state index contributed by atoms with van der Waals surface area (Å²) in [5.41, 5.74) is 2.07. The number of H-pyrrole nitrogens is 1. The van der Waals surface area contributed by atoms with E-state index in [1.807, 2.05) is 24.3 Å². The number of hydrogen-bond donors (Lipinski definition) is 3. The number of ether oxygens (including phenoxy) is 2. The Labute approximate surface area is 171 Å². The molecule has 2 aliphatic rings. The van der Waals surface area contributed by atoms with Crippen LogP contribution < -0.4 is 14.8 Å². The normalized spacial score (nSPS) is 20.3. The third kappa shape index (κ3) is 3.28. The van der Waals surface area contributed by atoms with Crippen molar-refractivity contribution < 1.29 is 24.2 Å². The van der Waals surface area contributed by atoms with Crippen LogP contribution in [0, 0.1) is 0 Å². The quantitative estimate of drug-likeness (QED) is 0.613. The van der Waals surface area contributed by atoms with Crippen molar-refractivity contribution >= 4 is 23.0 Å². The molecule has 2 amide bonds. The number of nitrogens with one attached hydrogen (secondary N) is 2. The molecule has 9 heteroatoms. The third-order valence-electron chi connectivity index (χ3n) is 5.41. The highest BCUT2D eigenvalue weighted by Gasteiger charge is 2.38. The first-order chi connectivity index (χ1) is 14.6. The number of hydrogen-bond acceptors (Lipinski definition) is 5. The Bertz CT molecular complexity index is 1090. The molecule has 0 aliphatic carbocycles. The molecule has 0 unspecified atom stereocenters. The molecule has 0 spiro atoms. The van der Waals surface area contributed by atoms with Crippen molar-refractivity contribution in [3.63, 3.8) is 0 Å². The van der Waals surface area contributed by atoms with E-state index in [1.165, 1.54) is 4.90 Å². The number of imidazole rings is 1. The van der Waals surface area contributed by atoms with Crippen LogP contribution in [0.25, 0.3) is 11.0 Å². The van der Waals surface area contributed by atoms with E-state index in [9.17, 15) is 14.7 Å². The number of carbonyl (C=O) groups excluding carboxylic acids is 1. The Morgan fingerprint density at radius 3 is 2.73 bits per heavy atom. The van der Waals surface area contributed by atoms with Gasteiger partial charge in [0.05, 0.1) is 17.1 Å². The monoisotopic (exact) mass is 408 g/mol. The maximum absolute atomic E-state index is 12.8. The first-order valence-corrected chi connectivity index (χ1v) is 9.73. The van der Waals surface area contributed by atoms with Gasteiger partial charge in [-0.25, -0.2) is 9.78 Å². The van der Waals surface area contributed by atoms with E-state index < -0.39 is 12.1 Å². The lowest BCUT2D eigenvalue weighted by Gasteiger charge is -2.19. The molecular formula is C21H20N4O5. The van der Waals surface area contributed by atoms with Crippen molar-refractivity contribution in [1.82, 2.24) is 20.2 Å². The minimum atomic E-state index is -1.04. The van der Waals surface area contributed by atoms with Crippen molar-refractivity contribution in [1.29, 1.82) is 0 Å². The average molecular weight is 408 g/mol.